The van der Waals surface area contributed by atoms with Crippen LogP contribution in [0, 0.1) is 24.0 Å². The number of benzene rings is 2. The van der Waals surface area contributed by atoms with Gasteiger partial charge in [0.2, 0.25) is 15.9 Å². The lowest BCUT2D eigenvalue weighted by atomic mass is 10.00. The second-order valence-electron chi connectivity index (χ2n) is 6.70. The molecule has 0 aromatic heterocycles. The first-order chi connectivity index (χ1) is 13.0. The molecule has 2 rings (SSSR count). The van der Waals surface area contributed by atoms with Crippen LogP contribution in [0.1, 0.15) is 29.7 Å². The van der Waals surface area contributed by atoms with E-state index in [0.29, 0.717) is 0 Å². The van der Waals surface area contributed by atoms with Gasteiger partial charge in [-0.05, 0) is 38.0 Å². The molecule has 0 spiro atoms. The van der Waals surface area contributed by atoms with E-state index in [-0.39, 0.29) is 17.4 Å². The molecule has 2 aromatic carbocycles. The maximum absolute atomic E-state index is 12.5. The smallest absolute Gasteiger partial charge is 0.271 e. The number of hydrogen-bond donors (Lipinski definition) is 1. The first-order valence-electron chi connectivity index (χ1n) is 8.57. The van der Waals surface area contributed by atoms with Crippen molar-refractivity contribution in [2.45, 2.75) is 26.8 Å². The van der Waals surface area contributed by atoms with Crippen LogP contribution in [0.3, 0.4) is 0 Å². The standard InChI is InChI=1S/C19H23N3O5S/c1-13-8-9-14(2)18(10-13)15(3)20-19(23)12-21(28(4,26)27)16-6-5-7-17(11-16)22(24)25/h5-11,15H,12H2,1-4H3,(H,20,23)/t15-/m0/s1. The molecular formula is C19H23N3O5S. The highest BCUT2D eigenvalue weighted by molar-refractivity contribution is 7.92. The lowest BCUT2D eigenvalue weighted by Crippen LogP contribution is -2.41. The van der Waals surface area contributed by atoms with Gasteiger partial charge in [0.25, 0.3) is 5.69 Å². The Morgan fingerprint density at radius 3 is 2.50 bits per heavy atom. The summed E-state index contributed by atoms with van der Waals surface area (Å²) in [5.74, 6) is -0.509. The van der Waals surface area contributed by atoms with Crippen LogP contribution in [-0.2, 0) is 14.8 Å². The number of hydrogen-bond acceptors (Lipinski definition) is 5. The molecule has 0 saturated heterocycles. The van der Waals surface area contributed by atoms with Crippen molar-refractivity contribution < 1.29 is 18.1 Å². The van der Waals surface area contributed by atoms with Gasteiger partial charge in [0.15, 0.2) is 0 Å². The Hall–Kier alpha value is -2.94. The number of nitrogens with one attached hydrogen (secondary N) is 1. The Morgan fingerprint density at radius 1 is 1.21 bits per heavy atom. The van der Waals surface area contributed by atoms with Gasteiger partial charge in [-0.1, -0.05) is 29.8 Å². The van der Waals surface area contributed by atoms with Crippen LogP contribution in [0.15, 0.2) is 42.5 Å². The van der Waals surface area contributed by atoms with Crippen LogP contribution < -0.4 is 9.62 Å². The molecule has 0 radical (unpaired) electrons. The second kappa shape index (κ2) is 8.39. The van der Waals surface area contributed by atoms with Crippen molar-refractivity contribution >= 4 is 27.3 Å². The normalized spacial score (nSPS) is 12.3. The Bertz CT molecular complexity index is 1000. The van der Waals surface area contributed by atoms with Crippen LogP contribution in [0.2, 0.25) is 0 Å². The summed E-state index contributed by atoms with van der Waals surface area (Å²) in [6.07, 6.45) is 0.952. The third-order valence-electron chi connectivity index (χ3n) is 4.29. The highest BCUT2D eigenvalue weighted by Crippen LogP contribution is 2.23. The van der Waals surface area contributed by atoms with Crippen LogP contribution in [0.5, 0.6) is 0 Å². The summed E-state index contributed by atoms with van der Waals surface area (Å²) in [6, 6.07) is 10.8. The maximum atomic E-state index is 12.5. The van der Waals surface area contributed by atoms with Crippen molar-refractivity contribution in [3.8, 4) is 0 Å². The number of nitro benzene ring substituents is 1. The summed E-state index contributed by atoms with van der Waals surface area (Å²) in [4.78, 5) is 22.9. The molecule has 0 heterocycles. The summed E-state index contributed by atoms with van der Waals surface area (Å²) in [5.41, 5.74) is 2.81. The van der Waals surface area contributed by atoms with Gasteiger partial charge in [-0.25, -0.2) is 8.42 Å². The molecule has 0 aliphatic rings. The Labute approximate surface area is 164 Å². The van der Waals surface area contributed by atoms with E-state index in [1.165, 1.54) is 18.2 Å². The van der Waals surface area contributed by atoms with Gasteiger partial charge in [-0.3, -0.25) is 19.2 Å². The minimum absolute atomic E-state index is 0.0613. The molecule has 1 N–H and O–H groups in total. The van der Waals surface area contributed by atoms with E-state index in [4.69, 9.17) is 0 Å². The van der Waals surface area contributed by atoms with Crippen LogP contribution in [0.4, 0.5) is 11.4 Å². The van der Waals surface area contributed by atoms with Crippen LogP contribution >= 0.6 is 0 Å². The number of rotatable bonds is 7. The molecule has 1 amide bonds. The number of anilines is 1. The number of carbonyl (C=O) groups excluding carboxylic acids is 1. The zero-order chi connectivity index (χ0) is 21.1. The van der Waals surface area contributed by atoms with Crippen molar-refractivity contribution in [1.82, 2.24) is 5.32 Å². The van der Waals surface area contributed by atoms with Crippen molar-refractivity contribution in [1.29, 1.82) is 0 Å². The number of carbonyl (C=O) groups is 1. The number of nitrogens with zero attached hydrogens (tertiary/aromatic N) is 2. The van der Waals surface area contributed by atoms with E-state index in [1.54, 1.807) is 0 Å². The van der Waals surface area contributed by atoms with Crippen molar-refractivity contribution in [2.24, 2.45) is 0 Å². The Morgan fingerprint density at radius 2 is 1.89 bits per heavy atom. The fraction of sp³-hybridized carbons (Fsp3) is 0.316. The van der Waals surface area contributed by atoms with Gasteiger partial charge in [0.1, 0.15) is 6.54 Å². The largest absolute Gasteiger partial charge is 0.348 e. The van der Waals surface area contributed by atoms with E-state index >= 15 is 0 Å². The van der Waals surface area contributed by atoms with E-state index < -0.39 is 27.4 Å². The molecule has 28 heavy (non-hydrogen) atoms. The van der Waals surface area contributed by atoms with Crippen molar-refractivity contribution in [3.05, 3.63) is 69.3 Å². The van der Waals surface area contributed by atoms with Gasteiger partial charge in [0, 0.05) is 12.1 Å². The van der Waals surface area contributed by atoms with E-state index in [1.807, 2.05) is 39.0 Å². The quantitative estimate of drug-likeness (QED) is 0.563. The van der Waals surface area contributed by atoms with Gasteiger partial charge < -0.3 is 5.32 Å². The monoisotopic (exact) mass is 405 g/mol. The molecule has 0 unspecified atom stereocenters. The lowest BCUT2D eigenvalue weighted by Gasteiger charge is -2.23. The molecule has 0 bridgehead atoms. The lowest BCUT2D eigenvalue weighted by molar-refractivity contribution is -0.384. The topological polar surface area (TPSA) is 110 Å². The molecule has 0 aliphatic carbocycles. The minimum Gasteiger partial charge on any atom is -0.348 e. The van der Waals surface area contributed by atoms with E-state index in [2.05, 4.69) is 5.32 Å². The third kappa shape index (κ3) is 5.29. The predicted octanol–water partition coefficient (Wildman–Crippen LogP) is 2.86. The summed E-state index contributed by atoms with van der Waals surface area (Å²) >= 11 is 0. The van der Waals surface area contributed by atoms with Crippen molar-refractivity contribution in [2.75, 3.05) is 17.1 Å². The van der Waals surface area contributed by atoms with Crippen LogP contribution in [-0.4, -0.2) is 32.0 Å². The number of sulfonamides is 1. The van der Waals surface area contributed by atoms with Gasteiger partial charge in [-0.15, -0.1) is 0 Å². The number of aryl methyl sites for hydroxylation is 2. The highest BCUT2D eigenvalue weighted by Gasteiger charge is 2.23. The van der Waals surface area contributed by atoms with Crippen molar-refractivity contribution in [3.63, 3.8) is 0 Å². The molecule has 0 fully saturated rings. The van der Waals surface area contributed by atoms with E-state index in [0.717, 1.165) is 33.3 Å². The zero-order valence-electron chi connectivity index (χ0n) is 16.2. The summed E-state index contributed by atoms with van der Waals surface area (Å²) in [6.45, 7) is 5.22. The van der Waals surface area contributed by atoms with Crippen LogP contribution in [0.25, 0.3) is 0 Å². The zero-order valence-corrected chi connectivity index (χ0v) is 17.0. The fourth-order valence-corrected chi connectivity index (χ4v) is 3.73. The number of amides is 1. The fourth-order valence-electron chi connectivity index (χ4n) is 2.88. The van der Waals surface area contributed by atoms with Gasteiger partial charge in [-0.2, -0.15) is 0 Å². The molecule has 9 heteroatoms. The van der Waals surface area contributed by atoms with Gasteiger partial charge in [0.05, 0.1) is 22.9 Å². The molecule has 0 aliphatic heterocycles. The summed E-state index contributed by atoms with van der Waals surface area (Å²) in [7, 11) is -3.82. The number of non-ortho nitro benzene ring substituents is 1. The second-order valence-corrected chi connectivity index (χ2v) is 8.60. The molecule has 8 nitrogen and oxygen atoms in total. The van der Waals surface area contributed by atoms with E-state index in [9.17, 15) is 23.3 Å². The minimum atomic E-state index is -3.82. The predicted molar refractivity (Wildman–Crippen MR) is 108 cm³/mol. The first-order valence-corrected chi connectivity index (χ1v) is 10.4. The molecule has 150 valence electrons. The number of nitro groups is 1. The Balaban J connectivity index is 2.23. The average molecular weight is 405 g/mol. The highest BCUT2D eigenvalue weighted by atomic mass is 32.2. The summed E-state index contributed by atoms with van der Waals surface area (Å²) in [5, 5.41) is 13.8. The molecule has 2 aromatic rings. The maximum Gasteiger partial charge on any atom is 0.271 e. The average Bonchev–Trinajstić information content (AvgIpc) is 2.60. The molecule has 1 atom stereocenters. The summed E-state index contributed by atoms with van der Waals surface area (Å²) < 4.78 is 25.2. The Kier molecular flexibility index (Phi) is 6.40. The first kappa shape index (κ1) is 21.4. The third-order valence-corrected chi connectivity index (χ3v) is 5.44. The SMILES string of the molecule is Cc1ccc(C)c([C@H](C)NC(=O)CN(c2cccc([N+](=O)[O-])c2)S(C)(=O)=O)c1. The van der Waals surface area contributed by atoms with Gasteiger partial charge >= 0.3 is 0 Å². The molecular weight excluding hydrogens is 382 g/mol. The molecule has 0 saturated carbocycles.